The van der Waals surface area contributed by atoms with Crippen molar-refractivity contribution in [1.29, 1.82) is 0 Å². The van der Waals surface area contributed by atoms with E-state index in [2.05, 4.69) is 4.98 Å². The smallest absolute Gasteiger partial charge is 0.307 e. The van der Waals surface area contributed by atoms with Gasteiger partial charge in [-0.2, -0.15) is 0 Å². The molecule has 32 heavy (non-hydrogen) atoms. The highest BCUT2D eigenvalue weighted by Gasteiger charge is 2.17. The molecule has 0 radical (unpaired) electrons. The van der Waals surface area contributed by atoms with Gasteiger partial charge < -0.3 is 9.84 Å². The third-order valence-electron chi connectivity index (χ3n) is 5.49. The maximum absolute atomic E-state index is 13.2. The maximum atomic E-state index is 13.2. The molecule has 0 atom stereocenters. The number of aliphatic carboxylic acids is 1. The first-order valence-electron chi connectivity index (χ1n) is 10.4. The molecule has 0 bridgehead atoms. The number of nitrogens with zero attached hydrogens (tertiary/aromatic N) is 2. The first-order valence-corrected chi connectivity index (χ1v) is 10.4. The molecule has 6 nitrogen and oxygen atoms in total. The number of carbonyl (C=O) groups excluding carboxylic acids is 1. The lowest BCUT2D eigenvalue weighted by Gasteiger charge is -2.10. The molecule has 162 valence electrons. The average molecular weight is 428 g/mol. The summed E-state index contributed by atoms with van der Waals surface area (Å²) in [6.45, 7) is 4.37. The molecule has 0 saturated heterocycles. The van der Waals surface area contributed by atoms with Gasteiger partial charge in [0.05, 0.1) is 18.5 Å². The minimum atomic E-state index is -0.900. The van der Waals surface area contributed by atoms with E-state index in [0.29, 0.717) is 35.4 Å². The summed E-state index contributed by atoms with van der Waals surface area (Å²) in [5.74, 6) is -0.378. The van der Waals surface area contributed by atoms with Crippen LogP contribution >= 0.6 is 0 Å². The number of hydrogen-bond acceptors (Lipinski definition) is 4. The molecule has 0 aliphatic carbocycles. The Kier molecular flexibility index (Phi) is 6.03. The summed E-state index contributed by atoms with van der Waals surface area (Å²) in [5, 5.41) is 9.95. The topological polar surface area (TPSA) is 81.4 Å². The molecule has 2 heterocycles. The molecule has 4 rings (SSSR count). The van der Waals surface area contributed by atoms with Crippen molar-refractivity contribution in [2.24, 2.45) is 0 Å². The Hall–Kier alpha value is -3.93. The molecule has 0 unspecified atom stereocenters. The fourth-order valence-corrected chi connectivity index (χ4v) is 3.88. The zero-order valence-electron chi connectivity index (χ0n) is 18.0. The van der Waals surface area contributed by atoms with Crippen molar-refractivity contribution < 1.29 is 19.4 Å². The number of aromatic nitrogens is 2. The number of carboxylic acid groups (broad SMARTS) is 1. The number of carbonyl (C=O) groups is 2. The van der Waals surface area contributed by atoms with Gasteiger partial charge in [0.2, 0.25) is 0 Å². The van der Waals surface area contributed by atoms with Gasteiger partial charge in [-0.15, -0.1) is 0 Å². The van der Waals surface area contributed by atoms with E-state index in [1.807, 2.05) is 38.1 Å². The van der Waals surface area contributed by atoms with Crippen LogP contribution in [0.25, 0.3) is 10.9 Å². The lowest BCUT2D eigenvalue weighted by atomic mass is 10.1. The highest BCUT2D eigenvalue weighted by Crippen LogP contribution is 2.25. The van der Waals surface area contributed by atoms with Crippen molar-refractivity contribution in [2.45, 2.75) is 26.7 Å². The summed E-state index contributed by atoms with van der Waals surface area (Å²) in [6.07, 6.45) is 2.40. The molecule has 2 aromatic carbocycles. The third-order valence-corrected chi connectivity index (χ3v) is 5.49. The summed E-state index contributed by atoms with van der Waals surface area (Å²) < 4.78 is 7.45. The fraction of sp³-hybridized carbons (Fsp3) is 0.192. The highest BCUT2D eigenvalue weighted by molar-refractivity contribution is 6.04. The Bertz CT molecular complexity index is 1290. The number of aryl methyl sites for hydroxylation is 2. The van der Waals surface area contributed by atoms with Gasteiger partial charge in [0, 0.05) is 35.0 Å². The lowest BCUT2D eigenvalue weighted by molar-refractivity contribution is -0.136. The van der Waals surface area contributed by atoms with Crippen LogP contribution in [0.2, 0.25) is 0 Å². The van der Waals surface area contributed by atoms with E-state index in [1.165, 1.54) is 0 Å². The molecule has 0 saturated carbocycles. The largest absolute Gasteiger partial charge is 0.493 e. The fourth-order valence-electron chi connectivity index (χ4n) is 3.88. The second-order valence-corrected chi connectivity index (χ2v) is 7.74. The standard InChI is InChI=1S/C26H24N2O4/c1-17-5-4-13-27-23(17)12-14-32-21-10-8-19(9-11-21)26(31)28-18(2)15-22-20(16-25(29)30)6-3-7-24(22)28/h3-11,13,15H,12,14,16H2,1-2H3,(H,29,30). The van der Waals surface area contributed by atoms with Gasteiger partial charge in [-0.1, -0.05) is 18.2 Å². The Labute approximate surface area is 186 Å². The van der Waals surface area contributed by atoms with Crippen LogP contribution in [0.5, 0.6) is 5.75 Å². The molecule has 0 aliphatic rings. The molecule has 2 aromatic heterocycles. The highest BCUT2D eigenvalue weighted by atomic mass is 16.5. The number of carboxylic acids is 1. The van der Waals surface area contributed by atoms with Gasteiger partial charge in [-0.05, 0) is 67.4 Å². The van der Waals surface area contributed by atoms with E-state index in [4.69, 9.17) is 9.84 Å². The quantitative estimate of drug-likeness (QED) is 0.466. The average Bonchev–Trinajstić information content (AvgIpc) is 3.11. The number of benzene rings is 2. The molecule has 6 heteroatoms. The van der Waals surface area contributed by atoms with Crippen molar-refractivity contribution in [1.82, 2.24) is 9.55 Å². The van der Waals surface area contributed by atoms with Gasteiger partial charge in [-0.25, -0.2) is 0 Å². The Balaban J connectivity index is 1.50. The van der Waals surface area contributed by atoms with E-state index < -0.39 is 5.97 Å². The predicted octanol–water partition coefficient (Wildman–Crippen LogP) is 4.59. The van der Waals surface area contributed by atoms with Gasteiger partial charge in [0.15, 0.2) is 0 Å². The van der Waals surface area contributed by atoms with Crippen LogP contribution < -0.4 is 4.74 Å². The molecular weight excluding hydrogens is 404 g/mol. The number of rotatable bonds is 7. The molecule has 0 spiro atoms. The lowest BCUT2D eigenvalue weighted by Crippen LogP contribution is -2.13. The number of ether oxygens (including phenoxy) is 1. The van der Waals surface area contributed by atoms with Gasteiger partial charge in [0.1, 0.15) is 5.75 Å². The van der Waals surface area contributed by atoms with Crippen LogP contribution in [0.4, 0.5) is 0 Å². The van der Waals surface area contributed by atoms with Crippen LogP contribution in [0, 0.1) is 13.8 Å². The third kappa shape index (κ3) is 4.39. The Morgan fingerprint density at radius 1 is 1.03 bits per heavy atom. The molecule has 4 aromatic rings. The predicted molar refractivity (Wildman–Crippen MR) is 122 cm³/mol. The van der Waals surface area contributed by atoms with E-state index in [0.717, 1.165) is 22.3 Å². The number of hydrogen-bond donors (Lipinski definition) is 1. The second-order valence-electron chi connectivity index (χ2n) is 7.74. The van der Waals surface area contributed by atoms with Crippen LogP contribution in [-0.4, -0.2) is 33.1 Å². The SMILES string of the molecule is Cc1cccnc1CCOc1ccc(C(=O)n2c(C)cc3c(CC(=O)O)cccc32)cc1. The summed E-state index contributed by atoms with van der Waals surface area (Å²) >= 11 is 0. The first-order chi connectivity index (χ1) is 15.4. The minimum Gasteiger partial charge on any atom is -0.493 e. The summed E-state index contributed by atoms with van der Waals surface area (Å²) in [6, 6.07) is 18.3. The second kappa shape index (κ2) is 9.06. The monoisotopic (exact) mass is 428 g/mol. The number of pyridine rings is 1. The normalized spacial score (nSPS) is 10.9. The summed E-state index contributed by atoms with van der Waals surface area (Å²) in [7, 11) is 0. The van der Waals surface area contributed by atoms with Crippen molar-refractivity contribution in [3.05, 3.63) is 94.9 Å². The summed E-state index contributed by atoms with van der Waals surface area (Å²) in [4.78, 5) is 28.8. The van der Waals surface area contributed by atoms with Crippen LogP contribution in [0.3, 0.4) is 0 Å². The molecule has 0 aliphatic heterocycles. The van der Waals surface area contributed by atoms with E-state index >= 15 is 0 Å². The van der Waals surface area contributed by atoms with Crippen molar-refractivity contribution in [3.63, 3.8) is 0 Å². The first kappa shape index (κ1) is 21.3. The van der Waals surface area contributed by atoms with Crippen molar-refractivity contribution in [2.75, 3.05) is 6.61 Å². The van der Waals surface area contributed by atoms with Gasteiger partial charge in [-0.3, -0.25) is 19.1 Å². The maximum Gasteiger partial charge on any atom is 0.307 e. The Morgan fingerprint density at radius 3 is 2.53 bits per heavy atom. The van der Waals surface area contributed by atoms with Crippen LogP contribution in [0.1, 0.15) is 32.9 Å². The van der Waals surface area contributed by atoms with Crippen LogP contribution in [-0.2, 0) is 17.6 Å². The molecule has 0 fully saturated rings. The molecule has 1 N–H and O–H groups in total. The zero-order valence-corrected chi connectivity index (χ0v) is 18.0. The van der Waals surface area contributed by atoms with Crippen molar-refractivity contribution in [3.8, 4) is 5.75 Å². The van der Waals surface area contributed by atoms with Gasteiger partial charge in [0.25, 0.3) is 5.91 Å². The van der Waals surface area contributed by atoms with Crippen LogP contribution in [0.15, 0.2) is 66.9 Å². The minimum absolute atomic E-state index is 0.0843. The zero-order chi connectivity index (χ0) is 22.7. The summed E-state index contributed by atoms with van der Waals surface area (Å²) in [5.41, 5.74) is 4.83. The van der Waals surface area contributed by atoms with E-state index in [9.17, 15) is 9.59 Å². The molecular formula is C26H24N2O4. The van der Waals surface area contributed by atoms with E-state index in [1.54, 1.807) is 47.2 Å². The number of fused-ring (bicyclic) bond motifs is 1. The van der Waals surface area contributed by atoms with Gasteiger partial charge >= 0.3 is 5.97 Å². The molecule has 0 amide bonds. The van der Waals surface area contributed by atoms with E-state index in [-0.39, 0.29) is 12.3 Å². The Morgan fingerprint density at radius 2 is 1.81 bits per heavy atom. The van der Waals surface area contributed by atoms with Crippen molar-refractivity contribution >= 4 is 22.8 Å².